The topological polar surface area (TPSA) is 105 Å². The van der Waals surface area contributed by atoms with Gasteiger partial charge in [0.2, 0.25) is 11.8 Å². The highest BCUT2D eigenvalue weighted by molar-refractivity contribution is 6.13. The van der Waals surface area contributed by atoms with E-state index in [9.17, 15) is 18.0 Å². The molecule has 3 heterocycles. The van der Waals surface area contributed by atoms with E-state index in [1.165, 1.54) is 11.3 Å². The maximum absolute atomic E-state index is 13.4. The second kappa shape index (κ2) is 10.0. The molecule has 1 aliphatic heterocycles. The Kier molecular flexibility index (Phi) is 6.91. The van der Waals surface area contributed by atoms with E-state index in [0.717, 1.165) is 30.6 Å². The molecule has 0 aromatic carbocycles. The highest BCUT2D eigenvalue weighted by atomic mass is 19.4. The average Bonchev–Trinajstić information content (AvgIpc) is 3.65. The van der Waals surface area contributed by atoms with E-state index in [1.807, 2.05) is 0 Å². The molecule has 0 radical (unpaired) electrons. The van der Waals surface area contributed by atoms with Crippen LogP contribution in [0.4, 0.5) is 24.7 Å². The molecule has 2 aliphatic carbocycles. The molecule has 0 bridgehead atoms. The maximum atomic E-state index is 13.4. The average molecular weight is 533 g/mol. The van der Waals surface area contributed by atoms with Crippen molar-refractivity contribution in [2.75, 3.05) is 11.4 Å². The Hall–Kier alpha value is -3.44. The number of hydrogen-bond acceptors (Lipinski definition) is 7. The summed E-state index contributed by atoms with van der Waals surface area (Å²) in [6.45, 7) is 1.49. The second-order valence-corrected chi connectivity index (χ2v) is 10.4. The van der Waals surface area contributed by atoms with E-state index < -0.39 is 30.2 Å². The van der Waals surface area contributed by atoms with Crippen molar-refractivity contribution in [2.24, 2.45) is 0 Å². The van der Waals surface area contributed by atoms with Gasteiger partial charge in [-0.15, -0.1) is 0 Å². The van der Waals surface area contributed by atoms with Gasteiger partial charge in [-0.3, -0.25) is 15.1 Å². The highest BCUT2D eigenvalue weighted by Gasteiger charge is 2.60. The monoisotopic (exact) mass is 532 g/mol. The molecule has 2 fully saturated rings. The minimum Gasteiger partial charge on any atom is -0.474 e. The molecule has 1 spiro atoms. The van der Waals surface area contributed by atoms with Gasteiger partial charge in [0.05, 0.1) is 17.3 Å². The van der Waals surface area contributed by atoms with Crippen LogP contribution in [0, 0.1) is 5.41 Å². The molecule has 1 N–H and O–H groups in total. The number of carbonyl (C=O) groups excluding carboxylic acids is 1. The van der Waals surface area contributed by atoms with Crippen LogP contribution in [0.2, 0.25) is 0 Å². The number of rotatable bonds is 7. The number of anilines is 2. The summed E-state index contributed by atoms with van der Waals surface area (Å²) in [5.41, 5.74) is 0.607. The smallest absolute Gasteiger partial charge is 0.406 e. The first-order chi connectivity index (χ1) is 18.1. The van der Waals surface area contributed by atoms with Gasteiger partial charge in [0.15, 0.2) is 12.4 Å². The van der Waals surface area contributed by atoms with Gasteiger partial charge in [-0.05, 0) is 58.4 Å². The van der Waals surface area contributed by atoms with E-state index in [1.54, 1.807) is 38.4 Å². The van der Waals surface area contributed by atoms with Crippen LogP contribution in [-0.4, -0.2) is 56.6 Å². The summed E-state index contributed by atoms with van der Waals surface area (Å²) in [5, 5.41) is 8.01. The minimum absolute atomic E-state index is 0.105. The van der Waals surface area contributed by atoms with Crippen molar-refractivity contribution in [1.29, 1.82) is 5.41 Å². The summed E-state index contributed by atoms with van der Waals surface area (Å²) in [4.78, 5) is 29.0. The Morgan fingerprint density at radius 3 is 2.53 bits per heavy atom. The van der Waals surface area contributed by atoms with Crippen molar-refractivity contribution >= 4 is 23.4 Å². The largest absolute Gasteiger partial charge is 0.474 e. The molecule has 0 unspecified atom stereocenters. The first kappa shape index (κ1) is 26.2. The van der Waals surface area contributed by atoms with Gasteiger partial charge in [0.1, 0.15) is 18.5 Å². The van der Waals surface area contributed by atoms with Crippen LogP contribution in [-0.2, 0) is 21.6 Å². The Labute approximate surface area is 218 Å². The number of alkyl halides is 3. The summed E-state index contributed by atoms with van der Waals surface area (Å²) >= 11 is 0. The van der Waals surface area contributed by atoms with Gasteiger partial charge in [-0.25, -0.2) is 15.0 Å². The molecule has 204 valence electrons. The lowest BCUT2D eigenvalue weighted by atomic mass is 9.98. The molecule has 2 saturated carbocycles. The first-order valence-corrected chi connectivity index (χ1v) is 13.0. The van der Waals surface area contributed by atoms with Crippen molar-refractivity contribution < 1.29 is 27.4 Å². The Morgan fingerprint density at radius 1 is 1.18 bits per heavy atom. The van der Waals surface area contributed by atoms with E-state index in [0.29, 0.717) is 35.8 Å². The Morgan fingerprint density at radius 2 is 1.92 bits per heavy atom. The third kappa shape index (κ3) is 5.25. The lowest BCUT2D eigenvalue weighted by Gasteiger charge is -2.28. The van der Waals surface area contributed by atoms with Crippen LogP contribution >= 0.6 is 0 Å². The summed E-state index contributed by atoms with van der Waals surface area (Å²) in [6.07, 6.45) is 5.77. The molecular weight excluding hydrogens is 501 g/mol. The van der Waals surface area contributed by atoms with Crippen molar-refractivity contribution in [3.8, 4) is 5.88 Å². The second-order valence-electron chi connectivity index (χ2n) is 10.4. The summed E-state index contributed by atoms with van der Waals surface area (Å²) < 4.78 is 50.1. The van der Waals surface area contributed by atoms with Crippen LogP contribution in [0.25, 0.3) is 0 Å². The number of aromatic nitrogens is 3. The number of carbonyl (C=O) groups is 1. The van der Waals surface area contributed by atoms with Crippen molar-refractivity contribution in [1.82, 2.24) is 19.9 Å². The van der Waals surface area contributed by atoms with E-state index in [2.05, 4.69) is 15.0 Å². The number of amidine groups is 1. The first-order valence-electron chi connectivity index (χ1n) is 13.0. The SMILES string of the molecule is CC(C)N(CC(F)(F)F)C(=N)OCc1ncc2c(n1)N(c1ccc(OC3CCCCC3)nc1)C(=O)C21CC1. The van der Waals surface area contributed by atoms with E-state index in [-0.39, 0.29) is 24.4 Å². The number of nitrogens with one attached hydrogen (secondary N) is 1. The predicted molar refractivity (Wildman–Crippen MR) is 132 cm³/mol. The molecule has 0 atom stereocenters. The lowest BCUT2D eigenvalue weighted by Crippen LogP contribution is -2.43. The predicted octanol–water partition coefficient (Wildman–Crippen LogP) is 5.02. The molecule has 2 aromatic heterocycles. The number of nitrogens with zero attached hydrogens (tertiary/aromatic N) is 5. The maximum Gasteiger partial charge on any atom is 0.406 e. The Bertz CT molecular complexity index is 1190. The quantitative estimate of drug-likeness (QED) is 0.395. The van der Waals surface area contributed by atoms with Crippen LogP contribution in [0.15, 0.2) is 24.5 Å². The number of amides is 1. The van der Waals surface area contributed by atoms with Gasteiger partial charge in [-0.1, -0.05) is 6.42 Å². The van der Waals surface area contributed by atoms with Crippen molar-refractivity contribution in [2.45, 2.75) is 89.1 Å². The number of fused-ring (bicyclic) bond motifs is 2. The molecule has 3 aliphatic rings. The van der Waals surface area contributed by atoms with Gasteiger partial charge in [0.25, 0.3) is 6.02 Å². The summed E-state index contributed by atoms with van der Waals surface area (Å²) in [5.74, 6) is 0.973. The van der Waals surface area contributed by atoms with Crippen LogP contribution in [0.3, 0.4) is 0 Å². The molecular formula is C26H31F3N6O3. The summed E-state index contributed by atoms with van der Waals surface area (Å²) in [7, 11) is 0. The zero-order valence-electron chi connectivity index (χ0n) is 21.4. The Balaban J connectivity index is 1.33. The van der Waals surface area contributed by atoms with Crippen molar-refractivity contribution in [3.05, 3.63) is 35.9 Å². The molecule has 1 amide bonds. The number of pyridine rings is 1. The number of halogens is 3. The zero-order chi connectivity index (χ0) is 27.1. The summed E-state index contributed by atoms with van der Waals surface area (Å²) in [6, 6.07) is 2.32. The normalized spacial score (nSPS) is 18.6. The number of hydrogen-bond donors (Lipinski definition) is 1. The lowest BCUT2D eigenvalue weighted by molar-refractivity contribution is -0.142. The fraction of sp³-hybridized carbons (Fsp3) is 0.577. The minimum atomic E-state index is -4.48. The van der Waals surface area contributed by atoms with Crippen LogP contribution in [0.5, 0.6) is 5.88 Å². The van der Waals surface area contributed by atoms with Crippen LogP contribution in [0.1, 0.15) is 70.2 Å². The fourth-order valence-electron chi connectivity index (χ4n) is 5.08. The van der Waals surface area contributed by atoms with Gasteiger partial charge in [0, 0.05) is 23.9 Å². The molecule has 12 heteroatoms. The standard InChI is InChI=1S/C26H31F3N6O3/c1-16(2)34(15-26(27,28)29)24(30)37-14-20-31-13-19-22(33-20)35(23(36)25(19)10-11-25)17-8-9-21(32-12-17)38-18-6-4-3-5-7-18/h8-9,12-13,16,18,30H,3-7,10-11,14-15H2,1-2H3. The van der Waals surface area contributed by atoms with Gasteiger partial charge < -0.3 is 14.4 Å². The molecule has 9 nitrogen and oxygen atoms in total. The van der Waals surface area contributed by atoms with Crippen molar-refractivity contribution in [3.63, 3.8) is 0 Å². The van der Waals surface area contributed by atoms with Gasteiger partial charge in [-0.2, -0.15) is 13.2 Å². The highest BCUT2D eigenvalue weighted by Crippen LogP contribution is 2.58. The van der Waals surface area contributed by atoms with Gasteiger partial charge >= 0.3 is 6.18 Å². The fourth-order valence-corrected chi connectivity index (χ4v) is 5.08. The molecule has 38 heavy (non-hydrogen) atoms. The molecule has 0 saturated heterocycles. The van der Waals surface area contributed by atoms with E-state index >= 15 is 0 Å². The van der Waals surface area contributed by atoms with E-state index in [4.69, 9.17) is 14.9 Å². The van der Waals surface area contributed by atoms with Crippen LogP contribution < -0.4 is 9.64 Å². The third-order valence-electron chi connectivity index (χ3n) is 7.30. The third-order valence-corrected chi connectivity index (χ3v) is 7.30. The molecule has 5 rings (SSSR count). The molecule has 2 aromatic rings. The zero-order valence-corrected chi connectivity index (χ0v) is 21.4. The number of ether oxygens (including phenoxy) is 2.